The molecule has 1 N–H and O–H groups in total. The average Bonchev–Trinajstić information content (AvgIpc) is 2.62. The summed E-state index contributed by atoms with van der Waals surface area (Å²) in [6.07, 6.45) is 3.37. The number of nitrogens with zero attached hydrogens (tertiary/aromatic N) is 1. The Morgan fingerprint density at radius 3 is 2.42 bits per heavy atom. The number of aryl methyl sites for hydroxylation is 1. The molecule has 0 spiro atoms. The number of hydrogen-bond donors (Lipinski definition) is 1. The second-order valence-electron chi connectivity index (χ2n) is 6.08. The van der Waals surface area contributed by atoms with Gasteiger partial charge >= 0.3 is 0 Å². The van der Waals surface area contributed by atoms with Gasteiger partial charge in [0.05, 0.1) is 11.3 Å². The van der Waals surface area contributed by atoms with Crippen molar-refractivity contribution in [1.29, 1.82) is 0 Å². The molecule has 3 nitrogen and oxygen atoms in total. The largest absolute Gasteiger partial charge is 0.511 e. The smallest absolute Gasteiger partial charge is 0.168 e. The number of ketones is 1. The van der Waals surface area contributed by atoms with Gasteiger partial charge in [-0.25, -0.2) is 0 Å². The van der Waals surface area contributed by atoms with Crippen LogP contribution in [-0.4, -0.2) is 17.1 Å². The van der Waals surface area contributed by atoms with Gasteiger partial charge in [0, 0.05) is 19.1 Å². The predicted molar refractivity (Wildman–Crippen MR) is 97.1 cm³/mol. The number of aliphatic hydroxyl groups excluding tert-OH is 1. The number of aliphatic hydroxyl groups is 1. The molecule has 1 aliphatic rings. The lowest BCUT2D eigenvalue weighted by Gasteiger charge is -2.22. The Bertz CT molecular complexity index is 773. The molecular formula is C21H21NO2. The van der Waals surface area contributed by atoms with Gasteiger partial charge in [-0.2, -0.15) is 0 Å². The first-order chi connectivity index (χ1) is 11.7. The third-order valence-electron chi connectivity index (χ3n) is 4.44. The highest BCUT2D eigenvalue weighted by Crippen LogP contribution is 2.33. The first-order valence-electron chi connectivity index (χ1n) is 8.30. The number of benzene rings is 2. The maximum atomic E-state index is 12.4. The van der Waals surface area contributed by atoms with Gasteiger partial charge in [0.2, 0.25) is 0 Å². The highest BCUT2D eigenvalue weighted by molar-refractivity contribution is 6.15. The van der Waals surface area contributed by atoms with Crippen LogP contribution >= 0.6 is 0 Å². The van der Waals surface area contributed by atoms with E-state index in [2.05, 4.69) is 11.9 Å². The van der Waals surface area contributed by atoms with Gasteiger partial charge in [0.25, 0.3) is 0 Å². The molecule has 0 heterocycles. The van der Waals surface area contributed by atoms with Gasteiger partial charge in [0.15, 0.2) is 5.78 Å². The Morgan fingerprint density at radius 1 is 1.08 bits per heavy atom. The summed E-state index contributed by atoms with van der Waals surface area (Å²) in [5.41, 5.74) is 3.45. The van der Waals surface area contributed by atoms with Crippen LogP contribution in [0.4, 0.5) is 5.69 Å². The molecule has 2 aromatic carbocycles. The molecule has 0 fully saturated rings. The van der Waals surface area contributed by atoms with E-state index in [0.29, 0.717) is 18.4 Å². The van der Waals surface area contributed by atoms with Crippen molar-refractivity contribution in [3.8, 4) is 0 Å². The van der Waals surface area contributed by atoms with E-state index in [1.54, 1.807) is 0 Å². The lowest BCUT2D eigenvalue weighted by Crippen LogP contribution is -2.19. The van der Waals surface area contributed by atoms with Crippen molar-refractivity contribution in [1.82, 2.24) is 0 Å². The van der Waals surface area contributed by atoms with Gasteiger partial charge < -0.3 is 5.11 Å². The lowest BCUT2D eigenvalue weighted by molar-refractivity contribution is -0.116. The third-order valence-corrected chi connectivity index (χ3v) is 4.44. The maximum absolute atomic E-state index is 12.4. The Labute approximate surface area is 142 Å². The molecule has 1 atom stereocenters. The van der Waals surface area contributed by atoms with Crippen LogP contribution in [0.2, 0.25) is 0 Å². The molecule has 3 heteroatoms. The normalized spacial score (nSPS) is 18.4. The molecule has 0 radical (unpaired) electrons. The van der Waals surface area contributed by atoms with E-state index in [1.165, 1.54) is 11.8 Å². The van der Waals surface area contributed by atoms with Crippen LogP contribution in [0.3, 0.4) is 0 Å². The summed E-state index contributed by atoms with van der Waals surface area (Å²) in [5.74, 6) is 0.121. The van der Waals surface area contributed by atoms with Crippen LogP contribution in [0.1, 0.15) is 36.8 Å². The molecule has 1 unspecified atom stereocenters. The van der Waals surface area contributed by atoms with Crippen LogP contribution < -0.4 is 0 Å². The van der Waals surface area contributed by atoms with Gasteiger partial charge in [-0.1, -0.05) is 49.4 Å². The topological polar surface area (TPSA) is 49.7 Å². The Kier molecular flexibility index (Phi) is 4.90. The van der Waals surface area contributed by atoms with E-state index >= 15 is 0 Å². The molecule has 1 aliphatic carbocycles. The van der Waals surface area contributed by atoms with Gasteiger partial charge in [-0.05, 0) is 35.6 Å². The number of carbonyl (C=O) groups excluding carboxylic acids is 1. The zero-order valence-corrected chi connectivity index (χ0v) is 13.8. The van der Waals surface area contributed by atoms with Crippen LogP contribution in [0.25, 0.3) is 0 Å². The molecule has 24 heavy (non-hydrogen) atoms. The third kappa shape index (κ3) is 3.62. The average molecular weight is 319 g/mol. The highest BCUT2D eigenvalue weighted by Gasteiger charge is 2.27. The Hall–Kier alpha value is -2.68. The van der Waals surface area contributed by atoms with Gasteiger partial charge in [-0.3, -0.25) is 9.79 Å². The van der Waals surface area contributed by atoms with E-state index < -0.39 is 0 Å². The van der Waals surface area contributed by atoms with Crippen molar-refractivity contribution in [3.63, 3.8) is 0 Å². The summed E-state index contributed by atoms with van der Waals surface area (Å²) in [7, 11) is 0. The summed E-state index contributed by atoms with van der Waals surface area (Å²) in [5, 5.41) is 10.3. The van der Waals surface area contributed by atoms with Crippen LogP contribution in [0.15, 0.2) is 70.9 Å². The van der Waals surface area contributed by atoms with Crippen LogP contribution in [0, 0.1) is 0 Å². The van der Waals surface area contributed by atoms with E-state index in [4.69, 9.17) is 0 Å². The summed E-state index contributed by atoms with van der Waals surface area (Å²) in [4.78, 5) is 16.7. The van der Waals surface area contributed by atoms with E-state index in [1.807, 2.05) is 54.6 Å². The standard InChI is InChI=1S/C21H21NO2/c1-2-15-8-10-18(11-9-15)22-14-19-20(23)12-17(13-21(19)24)16-6-4-3-5-7-16/h3-11,14,17,23H,2,12-13H2,1H3. The van der Waals surface area contributed by atoms with Crippen molar-refractivity contribution in [2.24, 2.45) is 4.99 Å². The monoisotopic (exact) mass is 319 g/mol. The molecule has 0 aromatic heterocycles. The SMILES string of the molecule is CCc1ccc(N=CC2=C(O)CC(c3ccccc3)CC2=O)cc1. The van der Waals surface area contributed by atoms with Crippen LogP contribution in [-0.2, 0) is 11.2 Å². The van der Waals surface area contributed by atoms with E-state index in [-0.39, 0.29) is 17.5 Å². The number of rotatable bonds is 4. The molecule has 0 bridgehead atoms. The second kappa shape index (κ2) is 7.26. The quantitative estimate of drug-likeness (QED) is 0.814. The summed E-state index contributed by atoms with van der Waals surface area (Å²) < 4.78 is 0. The molecular weight excluding hydrogens is 298 g/mol. The fourth-order valence-corrected chi connectivity index (χ4v) is 2.97. The predicted octanol–water partition coefficient (Wildman–Crippen LogP) is 4.91. The number of Topliss-reactive ketones (excluding diaryl/α,β-unsaturated/α-hetero) is 1. The number of allylic oxidation sites excluding steroid dienone is 2. The minimum Gasteiger partial charge on any atom is -0.511 e. The fourth-order valence-electron chi connectivity index (χ4n) is 2.97. The summed E-state index contributed by atoms with van der Waals surface area (Å²) >= 11 is 0. The number of aliphatic imine (C=N–C) groups is 1. The second-order valence-corrected chi connectivity index (χ2v) is 6.08. The van der Waals surface area contributed by atoms with Gasteiger partial charge in [0.1, 0.15) is 5.76 Å². The van der Waals surface area contributed by atoms with Crippen molar-refractivity contribution < 1.29 is 9.90 Å². The van der Waals surface area contributed by atoms with Crippen LogP contribution in [0.5, 0.6) is 0 Å². The zero-order chi connectivity index (χ0) is 16.9. The molecule has 3 rings (SSSR count). The molecule has 0 aliphatic heterocycles. The number of hydrogen-bond acceptors (Lipinski definition) is 3. The van der Waals surface area contributed by atoms with E-state index in [0.717, 1.165) is 17.7 Å². The van der Waals surface area contributed by atoms with Gasteiger partial charge in [-0.15, -0.1) is 0 Å². The molecule has 0 amide bonds. The maximum Gasteiger partial charge on any atom is 0.168 e. The zero-order valence-electron chi connectivity index (χ0n) is 13.8. The molecule has 122 valence electrons. The highest BCUT2D eigenvalue weighted by atomic mass is 16.3. The molecule has 2 aromatic rings. The Balaban J connectivity index is 1.77. The van der Waals surface area contributed by atoms with Crippen molar-refractivity contribution in [3.05, 3.63) is 77.1 Å². The summed E-state index contributed by atoms with van der Waals surface area (Å²) in [6, 6.07) is 17.8. The Morgan fingerprint density at radius 2 is 1.79 bits per heavy atom. The fraction of sp³-hybridized carbons (Fsp3) is 0.238. The van der Waals surface area contributed by atoms with E-state index in [9.17, 15) is 9.90 Å². The first kappa shape index (κ1) is 16.2. The minimum atomic E-state index is -0.0541. The molecule has 0 saturated carbocycles. The molecule has 0 saturated heterocycles. The van der Waals surface area contributed by atoms with Crippen molar-refractivity contribution in [2.75, 3.05) is 0 Å². The summed E-state index contributed by atoms with van der Waals surface area (Å²) in [6.45, 7) is 2.10. The van der Waals surface area contributed by atoms with Crippen molar-refractivity contribution >= 4 is 17.7 Å². The lowest BCUT2D eigenvalue weighted by atomic mass is 9.83. The minimum absolute atomic E-state index is 0.0414. The van der Waals surface area contributed by atoms with Crippen molar-refractivity contribution in [2.45, 2.75) is 32.1 Å². The number of carbonyl (C=O) groups is 1. The first-order valence-corrected chi connectivity index (χ1v) is 8.30.